The van der Waals surface area contributed by atoms with E-state index >= 15 is 0 Å². The standard InChI is InChI=1S/C16H14/c1-3-9-15(10-4-1)13-7-8-14-16-11-5-2-6-12-16/h1-14H/b13-7+,14-8+/i13D,14D. The molecule has 0 heteroatoms. The lowest BCUT2D eigenvalue weighted by Crippen LogP contribution is -1.68. The average molecular weight is 208 g/mol. The van der Waals surface area contributed by atoms with E-state index < -0.39 is 0 Å². The van der Waals surface area contributed by atoms with E-state index in [0.29, 0.717) is 12.1 Å². The number of benzene rings is 2. The molecule has 78 valence electrons. The van der Waals surface area contributed by atoms with Crippen LogP contribution in [0.15, 0.2) is 72.8 Å². The molecular formula is C16H14. The van der Waals surface area contributed by atoms with Crippen molar-refractivity contribution in [1.82, 2.24) is 0 Å². The Bertz CT molecular complexity index is 501. The Hall–Kier alpha value is -2.08. The van der Waals surface area contributed by atoms with Gasteiger partial charge in [0.25, 0.3) is 0 Å². The van der Waals surface area contributed by atoms with E-state index in [4.69, 9.17) is 2.74 Å². The molecule has 2 aromatic rings. The van der Waals surface area contributed by atoms with Crippen LogP contribution < -0.4 is 0 Å². The predicted molar refractivity (Wildman–Crippen MR) is 71.0 cm³/mol. The molecule has 0 N–H and O–H groups in total. The topological polar surface area (TPSA) is 0 Å². The average Bonchev–Trinajstić information content (AvgIpc) is 2.46. The molecule has 0 amide bonds. The minimum atomic E-state index is 0.413. The molecule has 2 rings (SSSR count). The fraction of sp³-hybridized carbons (Fsp3) is 0. The Morgan fingerprint density at radius 3 is 1.38 bits per heavy atom. The molecule has 16 heavy (non-hydrogen) atoms. The zero-order valence-corrected chi connectivity index (χ0v) is 8.93. The first-order chi connectivity index (χ1) is 8.77. The molecule has 0 aromatic heterocycles. The number of hydrogen-bond donors (Lipinski definition) is 0. The smallest absolute Gasteiger partial charge is 0.0622 e. The molecule has 0 nitrogen and oxygen atoms in total. The zero-order chi connectivity index (χ0) is 12.8. The van der Waals surface area contributed by atoms with Crippen LogP contribution in [-0.4, -0.2) is 0 Å². The summed E-state index contributed by atoms with van der Waals surface area (Å²) in [6.07, 6.45) is 3.31. The highest BCUT2D eigenvalue weighted by Gasteiger charge is 1.81. The molecule has 0 aliphatic carbocycles. The minimum Gasteiger partial charge on any atom is -0.0622 e. The van der Waals surface area contributed by atoms with Crippen molar-refractivity contribution in [2.45, 2.75) is 0 Å². The van der Waals surface area contributed by atoms with Gasteiger partial charge in [-0.1, -0.05) is 84.9 Å². The van der Waals surface area contributed by atoms with E-state index in [-0.39, 0.29) is 0 Å². The van der Waals surface area contributed by atoms with Gasteiger partial charge in [0.2, 0.25) is 0 Å². The highest BCUT2D eigenvalue weighted by atomic mass is 13.9. The second-order valence-electron chi connectivity index (χ2n) is 3.35. The lowest BCUT2D eigenvalue weighted by atomic mass is 10.2. The van der Waals surface area contributed by atoms with E-state index in [1.54, 1.807) is 12.2 Å². The summed E-state index contributed by atoms with van der Waals surface area (Å²) < 4.78 is 15.8. The molecule has 0 aliphatic heterocycles. The third-order valence-electron chi connectivity index (χ3n) is 2.13. The number of hydrogen-bond acceptors (Lipinski definition) is 0. The minimum absolute atomic E-state index is 0.413. The molecule has 0 unspecified atom stereocenters. The molecule has 0 aliphatic rings. The van der Waals surface area contributed by atoms with E-state index in [2.05, 4.69) is 0 Å². The van der Waals surface area contributed by atoms with E-state index in [1.165, 1.54) is 0 Å². The molecule has 0 fully saturated rings. The van der Waals surface area contributed by atoms with Gasteiger partial charge in [-0.3, -0.25) is 0 Å². The van der Waals surface area contributed by atoms with Crippen LogP contribution in [0.3, 0.4) is 0 Å². The second-order valence-corrected chi connectivity index (χ2v) is 3.35. The first-order valence-corrected chi connectivity index (χ1v) is 5.23. The molecule has 0 spiro atoms. The summed E-state index contributed by atoms with van der Waals surface area (Å²) in [4.78, 5) is 0. The van der Waals surface area contributed by atoms with Gasteiger partial charge in [-0.05, 0) is 11.1 Å². The van der Waals surface area contributed by atoms with Crippen LogP contribution in [0.25, 0.3) is 12.1 Å². The van der Waals surface area contributed by atoms with Crippen LogP contribution in [0.4, 0.5) is 0 Å². The van der Waals surface area contributed by atoms with Crippen molar-refractivity contribution in [3.05, 3.63) is 83.9 Å². The van der Waals surface area contributed by atoms with Crippen LogP contribution in [0, 0.1) is 0 Å². The van der Waals surface area contributed by atoms with E-state index in [0.717, 1.165) is 11.1 Å². The van der Waals surface area contributed by atoms with Gasteiger partial charge in [-0.2, -0.15) is 0 Å². The quantitative estimate of drug-likeness (QED) is 0.655. The highest BCUT2D eigenvalue weighted by Crippen LogP contribution is 2.03. The van der Waals surface area contributed by atoms with Crippen LogP contribution in [0.2, 0.25) is 0 Å². The molecule has 0 heterocycles. The van der Waals surface area contributed by atoms with Gasteiger partial charge in [0, 0.05) is 0 Å². The van der Waals surface area contributed by atoms with Gasteiger partial charge in [-0.25, -0.2) is 0 Å². The fourth-order valence-electron chi connectivity index (χ4n) is 1.34. The summed E-state index contributed by atoms with van der Waals surface area (Å²) in [5.41, 5.74) is 1.71. The summed E-state index contributed by atoms with van der Waals surface area (Å²) >= 11 is 0. The monoisotopic (exact) mass is 208 g/mol. The van der Waals surface area contributed by atoms with Crippen molar-refractivity contribution >= 4 is 12.1 Å². The van der Waals surface area contributed by atoms with Crippen molar-refractivity contribution in [3.8, 4) is 0 Å². The van der Waals surface area contributed by atoms with Gasteiger partial charge in [0.1, 0.15) is 0 Å². The van der Waals surface area contributed by atoms with Gasteiger partial charge in [0.15, 0.2) is 0 Å². The second kappa shape index (κ2) is 5.72. The molecule has 2 aromatic carbocycles. The van der Waals surface area contributed by atoms with Gasteiger partial charge < -0.3 is 0 Å². The zero-order valence-electron chi connectivity index (χ0n) is 10.9. The van der Waals surface area contributed by atoms with Crippen LogP contribution >= 0.6 is 0 Å². The molecule has 0 radical (unpaired) electrons. The van der Waals surface area contributed by atoms with Crippen molar-refractivity contribution in [3.63, 3.8) is 0 Å². The van der Waals surface area contributed by atoms with Gasteiger partial charge in [-0.15, -0.1) is 0 Å². The lowest BCUT2D eigenvalue weighted by molar-refractivity contribution is 1.65. The summed E-state index contributed by atoms with van der Waals surface area (Å²) in [6.45, 7) is 0. The van der Waals surface area contributed by atoms with E-state index in [9.17, 15) is 0 Å². The van der Waals surface area contributed by atoms with Crippen LogP contribution in [0.5, 0.6) is 0 Å². The maximum absolute atomic E-state index is 7.90. The first kappa shape index (κ1) is 8.12. The molecular weight excluding hydrogens is 192 g/mol. The molecule has 0 saturated heterocycles. The lowest BCUT2D eigenvalue weighted by Gasteiger charge is -1.90. The SMILES string of the molecule is [2H]/C(=C\C=C(/[2H])c1ccccc1)c1ccccc1. The number of allylic oxidation sites excluding steroid dienone is 2. The number of rotatable bonds is 3. The van der Waals surface area contributed by atoms with E-state index in [1.807, 2.05) is 60.7 Å². The summed E-state index contributed by atoms with van der Waals surface area (Å²) in [5.74, 6) is 0. The summed E-state index contributed by atoms with van der Waals surface area (Å²) in [5, 5.41) is 0. The summed E-state index contributed by atoms with van der Waals surface area (Å²) in [6, 6.07) is 19.8. The Kier molecular flexibility index (Phi) is 2.90. The third-order valence-corrected chi connectivity index (χ3v) is 2.13. The third kappa shape index (κ3) is 3.25. The maximum Gasteiger partial charge on any atom is 0.0629 e. The molecule has 0 bridgehead atoms. The Labute approximate surface area is 99.4 Å². The molecule has 0 atom stereocenters. The Morgan fingerprint density at radius 2 is 1.00 bits per heavy atom. The first-order valence-electron chi connectivity index (χ1n) is 6.23. The van der Waals surface area contributed by atoms with Crippen LogP contribution in [0.1, 0.15) is 13.9 Å². The van der Waals surface area contributed by atoms with Crippen molar-refractivity contribution in [1.29, 1.82) is 0 Å². The predicted octanol–water partition coefficient (Wildman–Crippen LogP) is 4.41. The molecule has 0 saturated carbocycles. The fourth-order valence-corrected chi connectivity index (χ4v) is 1.34. The van der Waals surface area contributed by atoms with Crippen molar-refractivity contribution < 1.29 is 2.74 Å². The van der Waals surface area contributed by atoms with Gasteiger partial charge >= 0.3 is 0 Å². The van der Waals surface area contributed by atoms with Gasteiger partial charge in [0.05, 0.1) is 2.74 Å². The highest BCUT2D eigenvalue weighted by molar-refractivity contribution is 5.56. The Morgan fingerprint density at radius 1 is 0.625 bits per heavy atom. The Balaban J connectivity index is 2.20. The van der Waals surface area contributed by atoms with Crippen molar-refractivity contribution in [2.24, 2.45) is 0 Å². The normalized spacial score (nSPS) is 14.2. The summed E-state index contributed by atoms with van der Waals surface area (Å²) in [7, 11) is 0. The van der Waals surface area contributed by atoms with Crippen LogP contribution in [-0.2, 0) is 0 Å². The maximum atomic E-state index is 7.90. The largest absolute Gasteiger partial charge is 0.0629 e. The van der Waals surface area contributed by atoms with Crippen molar-refractivity contribution in [2.75, 3.05) is 0 Å².